The second-order valence-electron chi connectivity index (χ2n) is 7.92. The van der Waals surface area contributed by atoms with Crippen molar-refractivity contribution in [3.63, 3.8) is 0 Å². The molecule has 0 aromatic heterocycles. The summed E-state index contributed by atoms with van der Waals surface area (Å²) < 4.78 is 47.2. The van der Waals surface area contributed by atoms with Crippen LogP contribution in [-0.2, 0) is 18.3 Å². The Kier molecular flexibility index (Phi) is 9.79. The minimum atomic E-state index is -3.80. The van der Waals surface area contributed by atoms with E-state index < -0.39 is 19.3 Å². The maximum absolute atomic E-state index is 14.2. The lowest BCUT2D eigenvalue weighted by Gasteiger charge is -2.31. The maximum atomic E-state index is 14.2. The van der Waals surface area contributed by atoms with E-state index in [4.69, 9.17) is 28.0 Å². The number of methoxy groups -OCH3 is 4. The highest BCUT2D eigenvalue weighted by Gasteiger charge is 2.40. The number of carbonyl (C=O) groups is 1. The van der Waals surface area contributed by atoms with Crippen LogP contribution in [0.4, 0.5) is 5.69 Å². The molecule has 0 aliphatic carbocycles. The minimum Gasteiger partial charge on any atom is -0.493 e. The largest absolute Gasteiger partial charge is 0.493 e. The number of esters is 1. The highest BCUT2D eigenvalue weighted by molar-refractivity contribution is 7.54. The molecule has 2 rings (SSSR count). The molecule has 0 bridgehead atoms. The van der Waals surface area contributed by atoms with Crippen LogP contribution >= 0.6 is 7.60 Å². The molecule has 0 aliphatic heterocycles. The number of benzene rings is 2. The van der Waals surface area contributed by atoms with Gasteiger partial charge in [-0.1, -0.05) is 0 Å². The quantitative estimate of drug-likeness (QED) is 0.295. The first-order chi connectivity index (χ1) is 16.1. The van der Waals surface area contributed by atoms with Crippen molar-refractivity contribution in [1.82, 2.24) is 0 Å². The van der Waals surface area contributed by atoms with E-state index in [1.807, 2.05) is 0 Å². The van der Waals surface area contributed by atoms with Gasteiger partial charge in [-0.3, -0.25) is 4.57 Å². The van der Waals surface area contributed by atoms with Crippen molar-refractivity contribution in [2.45, 2.75) is 45.7 Å². The van der Waals surface area contributed by atoms with Crippen LogP contribution in [0.2, 0.25) is 0 Å². The monoisotopic (exact) mass is 495 g/mol. The Morgan fingerprint density at radius 1 is 0.824 bits per heavy atom. The second kappa shape index (κ2) is 12.1. The maximum Gasteiger partial charge on any atom is 0.357 e. The Morgan fingerprint density at radius 3 is 1.71 bits per heavy atom. The highest BCUT2D eigenvalue weighted by atomic mass is 31.2. The van der Waals surface area contributed by atoms with E-state index in [0.717, 1.165) is 0 Å². The smallest absolute Gasteiger partial charge is 0.357 e. The van der Waals surface area contributed by atoms with Crippen molar-refractivity contribution in [2.75, 3.05) is 33.8 Å². The average Bonchev–Trinajstić information content (AvgIpc) is 2.80. The van der Waals surface area contributed by atoms with Gasteiger partial charge in [-0.15, -0.1) is 0 Å². The van der Waals surface area contributed by atoms with Gasteiger partial charge in [-0.05, 0) is 69.7 Å². The number of hydrogen-bond acceptors (Lipinski definition) is 9. The summed E-state index contributed by atoms with van der Waals surface area (Å²) >= 11 is 0. The van der Waals surface area contributed by atoms with Crippen LogP contribution in [0, 0.1) is 0 Å². The third kappa shape index (κ3) is 6.65. The summed E-state index contributed by atoms with van der Waals surface area (Å²) in [5.41, 5.74) is 1.51. The average molecular weight is 496 g/mol. The molecule has 0 heterocycles. The Hall–Kier alpha value is -2.74. The van der Waals surface area contributed by atoms with Gasteiger partial charge in [0.05, 0.1) is 46.2 Å². The molecule has 0 saturated carbocycles. The molecule has 0 fully saturated rings. The zero-order valence-corrected chi connectivity index (χ0v) is 21.8. The molecular formula is C24H34NO8P. The van der Waals surface area contributed by atoms with E-state index in [9.17, 15) is 9.36 Å². The first kappa shape index (κ1) is 27.5. The van der Waals surface area contributed by atoms with Gasteiger partial charge in [0, 0.05) is 5.69 Å². The number of rotatable bonds is 12. The molecule has 10 heteroatoms. The molecule has 1 atom stereocenters. The van der Waals surface area contributed by atoms with E-state index >= 15 is 0 Å². The summed E-state index contributed by atoms with van der Waals surface area (Å²) in [6.45, 7) is 7.14. The summed E-state index contributed by atoms with van der Waals surface area (Å²) in [5, 5.41) is 3.25. The van der Waals surface area contributed by atoms with E-state index in [1.54, 1.807) is 64.1 Å². The predicted molar refractivity (Wildman–Crippen MR) is 130 cm³/mol. The number of ether oxygens (including phenoxy) is 4. The zero-order valence-electron chi connectivity index (χ0n) is 20.9. The molecule has 0 radical (unpaired) electrons. The molecule has 0 saturated heterocycles. The van der Waals surface area contributed by atoms with Crippen LogP contribution in [0.25, 0.3) is 0 Å². The zero-order chi connectivity index (χ0) is 25.5. The minimum absolute atomic E-state index is 0.377. The first-order valence-electron chi connectivity index (χ1n) is 10.8. The lowest BCUT2D eigenvalue weighted by Crippen LogP contribution is -2.19. The van der Waals surface area contributed by atoms with Crippen molar-refractivity contribution in [2.24, 2.45) is 0 Å². The Balaban J connectivity index is 2.66. The van der Waals surface area contributed by atoms with Crippen molar-refractivity contribution in [1.29, 1.82) is 0 Å². The molecule has 2 aromatic rings. The molecule has 34 heavy (non-hydrogen) atoms. The van der Waals surface area contributed by atoms with Crippen LogP contribution in [0.1, 0.15) is 49.4 Å². The lowest BCUT2D eigenvalue weighted by atomic mass is 10.1. The second-order valence-corrected chi connectivity index (χ2v) is 9.94. The fourth-order valence-electron chi connectivity index (χ4n) is 3.32. The van der Waals surface area contributed by atoms with Crippen LogP contribution in [0.15, 0.2) is 36.4 Å². The molecule has 1 unspecified atom stereocenters. The topological polar surface area (TPSA) is 102 Å². The lowest BCUT2D eigenvalue weighted by molar-refractivity contribution is 0.0600. The van der Waals surface area contributed by atoms with Gasteiger partial charge < -0.3 is 33.3 Å². The molecule has 0 spiro atoms. The Labute approximate surface area is 201 Å². The number of carbonyl (C=O) groups excluding carboxylic acids is 1. The van der Waals surface area contributed by atoms with Gasteiger partial charge in [0.1, 0.15) is 0 Å². The fraction of sp³-hybridized carbons (Fsp3) is 0.458. The van der Waals surface area contributed by atoms with Crippen molar-refractivity contribution in [3.8, 4) is 17.2 Å². The standard InChI is InChI=1S/C24H34NO8P/c1-15(2)32-34(27,33-16(3)4)23(25-19-11-9-17(10-12-19)24(26)31-8)18-13-20(28-5)22(30-7)21(14-18)29-6/h9-16,23,25H,1-8H3. The van der Waals surface area contributed by atoms with Gasteiger partial charge >= 0.3 is 13.6 Å². The first-order valence-corrected chi connectivity index (χ1v) is 12.4. The van der Waals surface area contributed by atoms with E-state index in [-0.39, 0.29) is 12.2 Å². The van der Waals surface area contributed by atoms with Gasteiger partial charge in [-0.2, -0.15) is 0 Å². The Morgan fingerprint density at radius 2 is 1.32 bits per heavy atom. The van der Waals surface area contributed by atoms with Crippen LogP contribution in [-0.4, -0.2) is 46.6 Å². The summed E-state index contributed by atoms with van der Waals surface area (Å²) in [6, 6.07) is 9.98. The normalized spacial score (nSPS) is 12.4. The summed E-state index contributed by atoms with van der Waals surface area (Å²) in [7, 11) is 2.03. The Bertz CT molecular complexity index is 968. The van der Waals surface area contributed by atoms with Crippen LogP contribution < -0.4 is 19.5 Å². The summed E-state index contributed by atoms with van der Waals surface area (Å²) in [5.74, 6) is -0.199. The van der Waals surface area contributed by atoms with Crippen LogP contribution in [0.5, 0.6) is 17.2 Å². The van der Waals surface area contributed by atoms with E-state index in [2.05, 4.69) is 5.32 Å². The van der Waals surface area contributed by atoms with E-state index in [0.29, 0.717) is 34.1 Å². The number of hydrogen-bond donors (Lipinski definition) is 1. The van der Waals surface area contributed by atoms with E-state index in [1.165, 1.54) is 28.4 Å². The van der Waals surface area contributed by atoms with Gasteiger partial charge in [0.2, 0.25) is 5.75 Å². The summed E-state index contributed by atoms with van der Waals surface area (Å²) in [4.78, 5) is 11.8. The highest BCUT2D eigenvalue weighted by Crippen LogP contribution is 2.63. The van der Waals surface area contributed by atoms with Crippen molar-refractivity contribution >= 4 is 19.3 Å². The molecular weight excluding hydrogens is 461 g/mol. The van der Waals surface area contributed by atoms with Crippen LogP contribution in [0.3, 0.4) is 0 Å². The molecule has 0 amide bonds. The SMILES string of the molecule is COC(=O)c1ccc(NC(c2cc(OC)c(OC)c(OC)c2)P(=O)(OC(C)C)OC(C)C)cc1. The fourth-order valence-corrected chi connectivity index (χ4v) is 5.61. The van der Waals surface area contributed by atoms with Gasteiger partial charge in [0.25, 0.3) is 0 Å². The molecule has 2 aromatic carbocycles. The third-order valence-electron chi connectivity index (χ3n) is 4.64. The third-order valence-corrected chi connectivity index (χ3v) is 7.13. The molecule has 1 N–H and O–H groups in total. The molecule has 0 aliphatic rings. The molecule has 9 nitrogen and oxygen atoms in total. The predicted octanol–water partition coefficient (Wildman–Crippen LogP) is 5.65. The molecule has 188 valence electrons. The number of nitrogens with one attached hydrogen (secondary N) is 1. The summed E-state index contributed by atoms with van der Waals surface area (Å²) in [6.07, 6.45) is -0.754. The number of anilines is 1. The van der Waals surface area contributed by atoms with Gasteiger partial charge in [0.15, 0.2) is 17.3 Å². The van der Waals surface area contributed by atoms with Crippen molar-refractivity contribution in [3.05, 3.63) is 47.5 Å². The van der Waals surface area contributed by atoms with Crippen molar-refractivity contribution < 1.29 is 37.4 Å². The van der Waals surface area contributed by atoms with Gasteiger partial charge in [-0.25, -0.2) is 4.79 Å².